The second-order valence-electron chi connectivity index (χ2n) is 6.89. The molecule has 134 valence electrons. The van der Waals surface area contributed by atoms with Crippen molar-refractivity contribution >= 4 is 29.5 Å². The Morgan fingerprint density at radius 2 is 2.08 bits per heavy atom. The van der Waals surface area contributed by atoms with Gasteiger partial charge in [-0.25, -0.2) is 15.0 Å². The number of likely N-dealkylation sites (tertiary alicyclic amines) is 1. The largest absolute Gasteiger partial charge is 0.346 e. The first-order valence-corrected chi connectivity index (χ1v) is 9.25. The summed E-state index contributed by atoms with van der Waals surface area (Å²) in [4.78, 5) is 14.3. The van der Waals surface area contributed by atoms with Crippen LogP contribution in [-0.4, -0.2) is 39.3 Å². The highest BCUT2D eigenvalue weighted by Gasteiger charge is 2.33. The molecule has 5 heterocycles. The number of aromatic nitrogens is 2. The minimum Gasteiger partial charge on any atom is -0.346 e. The van der Waals surface area contributed by atoms with Crippen LogP contribution < -0.4 is 11.0 Å². The van der Waals surface area contributed by atoms with E-state index in [2.05, 4.69) is 43.0 Å². The number of hydrazine groups is 2. The molecule has 7 nitrogen and oxygen atoms in total. The predicted octanol–water partition coefficient (Wildman–Crippen LogP) is 2.64. The maximum atomic E-state index is 5.87. The van der Waals surface area contributed by atoms with Crippen LogP contribution in [0.5, 0.6) is 0 Å². The molecule has 0 saturated carbocycles. The lowest BCUT2D eigenvalue weighted by molar-refractivity contribution is 0.188. The van der Waals surface area contributed by atoms with Gasteiger partial charge < -0.3 is 10.4 Å². The van der Waals surface area contributed by atoms with Crippen LogP contribution in [0.25, 0.3) is 5.70 Å². The molecular formula is C18H20ClN7. The van der Waals surface area contributed by atoms with E-state index in [-0.39, 0.29) is 0 Å². The molecule has 0 radical (unpaired) electrons. The van der Waals surface area contributed by atoms with Crippen molar-refractivity contribution in [2.45, 2.75) is 19.4 Å². The maximum absolute atomic E-state index is 5.87. The van der Waals surface area contributed by atoms with Crippen LogP contribution in [0.1, 0.15) is 24.0 Å². The zero-order chi connectivity index (χ0) is 17.5. The van der Waals surface area contributed by atoms with Gasteiger partial charge in [-0.1, -0.05) is 17.7 Å². The van der Waals surface area contributed by atoms with E-state index in [1.165, 1.54) is 17.0 Å². The molecule has 0 aromatic carbocycles. The highest BCUT2D eigenvalue weighted by molar-refractivity contribution is 6.29. The summed E-state index contributed by atoms with van der Waals surface area (Å²) in [6.45, 7) is 3.06. The van der Waals surface area contributed by atoms with Crippen molar-refractivity contribution in [1.82, 2.24) is 30.8 Å². The number of rotatable bonds is 3. The first-order valence-electron chi connectivity index (χ1n) is 8.88. The molecule has 1 saturated heterocycles. The van der Waals surface area contributed by atoms with Gasteiger partial charge in [0.05, 0.1) is 11.4 Å². The number of fused-ring (bicyclic) bond motifs is 3. The predicted molar refractivity (Wildman–Crippen MR) is 101 cm³/mol. The second-order valence-corrected chi connectivity index (χ2v) is 7.28. The van der Waals surface area contributed by atoms with Crippen LogP contribution in [0.3, 0.4) is 0 Å². The Hall–Kier alpha value is -2.35. The molecule has 1 fully saturated rings. The molecule has 3 aliphatic rings. The minimum absolute atomic E-state index is 0.511. The van der Waals surface area contributed by atoms with Gasteiger partial charge in [0, 0.05) is 30.4 Å². The normalized spacial score (nSPS) is 20.3. The van der Waals surface area contributed by atoms with Crippen LogP contribution in [0.4, 0.5) is 5.82 Å². The van der Waals surface area contributed by atoms with Crippen molar-refractivity contribution in [2.24, 2.45) is 10.9 Å². The summed E-state index contributed by atoms with van der Waals surface area (Å²) >= 11 is 5.87. The highest BCUT2D eigenvalue weighted by Crippen LogP contribution is 2.38. The third kappa shape index (κ3) is 2.78. The Bertz CT molecular complexity index is 862. The molecule has 0 unspecified atom stereocenters. The van der Waals surface area contributed by atoms with Gasteiger partial charge >= 0.3 is 0 Å². The van der Waals surface area contributed by atoms with Gasteiger partial charge in [0.25, 0.3) is 0 Å². The molecule has 3 N–H and O–H groups in total. The highest BCUT2D eigenvalue weighted by atomic mass is 35.5. The SMILES string of the molecule is Clc1ccc(CN2CCC(C3=C4c5cc[nH]c5N=CN4NN3)CC2)cn1. The molecule has 2 aromatic heterocycles. The lowest BCUT2D eigenvalue weighted by atomic mass is 9.91. The number of nitrogens with zero attached hydrogens (tertiary/aromatic N) is 4. The number of piperidine rings is 1. The molecule has 0 bridgehead atoms. The van der Waals surface area contributed by atoms with Crippen LogP contribution in [0.2, 0.25) is 5.15 Å². The molecule has 26 heavy (non-hydrogen) atoms. The van der Waals surface area contributed by atoms with Gasteiger partial charge in [0.2, 0.25) is 0 Å². The van der Waals surface area contributed by atoms with E-state index in [0.29, 0.717) is 11.1 Å². The standard InChI is InChI=1S/C18H20ClN7/c19-15-2-1-12(9-21-15)10-25-7-4-13(5-8-25)16-17-14-3-6-20-18(14)22-11-26(17)24-23-16/h1-3,6,9,11,13,20,23-24H,4-5,7-8,10H2. The molecule has 8 heteroatoms. The van der Waals surface area contributed by atoms with E-state index in [9.17, 15) is 0 Å². The number of H-pyrrole nitrogens is 1. The number of halogens is 1. The summed E-state index contributed by atoms with van der Waals surface area (Å²) in [5.41, 5.74) is 11.4. The zero-order valence-electron chi connectivity index (χ0n) is 14.2. The minimum atomic E-state index is 0.511. The smallest absolute Gasteiger partial charge is 0.141 e. The first-order chi connectivity index (χ1) is 12.8. The van der Waals surface area contributed by atoms with Crippen LogP contribution in [0.15, 0.2) is 41.3 Å². The third-order valence-electron chi connectivity index (χ3n) is 5.28. The number of allylic oxidation sites excluding steroid dienone is 1. The average molecular weight is 370 g/mol. The Morgan fingerprint density at radius 3 is 2.88 bits per heavy atom. The van der Waals surface area contributed by atoms with Gasteiger partial charge in [-0.15, -0.1) is 5.53 Å². The molecule has 3 aliphatic heterocycles. The lowest BCUT2D eigenvalue weighted by Gasteiger charge is -2.32. The Balaban J connectivity index is 1.29. The molecule has 2 aromatic rings. The summed E-state index contributed by atoms with van der Waals surface area (Å²) in [5, 5.41) is 2.52. The van der Waals surface area contributed by atoms with Crippen molar-refractivity contribution in [3.8, 4) is 0 Å². The van der Waals surface area contributed by atoms with Crippen LogP contribution >= 0.6 is 11.6 Å². The van der Waals surface area contributed by atoms with Gasteiger partial charge in [-0.3, -0.25) is 4.90 Å². The molecule has 0 spiro atoms. The average Bonchev–Trinajstić information content (AvgIpc) is 3.30. The van der Waals surface area contributed by atoms with Crippen molar-refractivity contribution in [2.75, 3.05) is 13.1 Å². The topological polar surface area (TPSA) is 71.6 Å². The van der Waals surface area contributed by atoms with E-state index < -0.39 is 0 Å². The third-order valence-corrected chi connectivity index (χ3v) is 5.50. The van der Waals surface area contributed by atoms with Gasteiger partial charge in [0.1, 0.15) is 17.3 Å². The van der Waals surface area contributed by atoms with Crippen LogP contribution in [0, 0.1) is 5.92 Å². The Kier molecular flexibility index (Phi) is 3.92. The van der Waals surface area contributed by atoms with E-state index in [1.54, 1.807) is 0 Å². The van der Waals surface area contributed by atoms with Gasteiger partial charge in [0.15, 0.2) is 0 Å². The van der Waals surface area contributed by atoms with E-state index >= 15 is 0 Å². The first kappa shape index (κ1) is 15.9. The molecule has 0 atom stereocenters. The maximum Gasteiger partial charge on any atom is 0.141 e. The monoisotopic (exact) mass is 369 g/mol. The van der Waals surface area contributed by atoms with Gasteiger partial charge in [-0.2, -0.15) is 0 Å². The quantitative estimate of drug-likeness (QED) is 0.725. The summed E-state index contributed by atoms with van der Waals surface area (Å²) in [7, 11) is 0. The molecule has 0 amide bonds. The van der Waals surface area contributed by atoms with E-state index in [0.717, 1.165) is 43.9 Å². The summed E-state index contributed by atoms with van der Waals surface area (Å²) < 4.78 is 0. The summed E-state index contributed by atoms with van der Waals surface area (Å²) in [5.74, 6) is 1.43. The van der Waals surface area contributed by atoms with Gasteiger partial charge in [-0.05, 0) is 43.6 Å². The summed E-state index contributed by atoms with van der Waals surface area (Å²) in [6, 6.07) is 6.00. The summed E-state index contributed by atoms with van der Waals surface area (Å²) in [6.07, 6.45) is 7.88. The van der Waals surface area contributed by atoms with Crippen LogP contribution in [-0.2, 0) is 6.54 Å². The number of aliphatic imine (C=N–C) groups is 1. The fraction of sp³-hybridized carbons (Fsp3) is 0.333. The fourth-order valence-electron chi connectivity index (χ4n) is 3.93. The van der Waals surface area contributed by atoms with Crippen molar-refractivity contribution < 1.29 is 0 Å². The van der Waals surface area contributed by atoms with Crippen molar-refractivity contribution in [1.29, 1.82) is 0 Å². The van der Waals surface area contributed by atoms with E-state index in [4.69, 9.17) is 11.6 Å². The Morgan fingerprint density at radius 1 is 1.19 bits per heavy atom. The fourth-order valence-corrected chi connectivity index (χ4v) is 4.05. The number of hydrogen-bond donors (Lipinski definition) is 3. The molecular weight excluding hydrogens is 350 g/mol. The second kappa shape index (κ2) is 6.42. The number of aromatic amines is 1. The molecule has 5 rings (SSSR count). The number of nitrogens with one attached hydrogen (secondary N) is 3. The Labute approximate surface area is 156 Å². The van der Waals surface area contributed by atoms with Crippen molar-refractivity contribution in [3.05, 3.63) is 52.6 Å². The molecule has 0 aliphatic carbocycles. The number of hydrogen-bond acceptors (Lipinski definition) is 6. The number of pyridine rings is 1. The van der Waals surface area contributed by atoms with Crippen molar-refractivity contribution in [3.63, 3.8) is 0 Å². The lowest BCUT2D eigenvalue weighted by Crippen LogP contribution is -2.39. The zero-order valence-corrected chi connectivity index (χ0v) is 15.0. The van der Waals surface area contributed by atoms with E-state index in [1.807, 2.05) is 29.8 Å².